The molecule has 0 unspecified atom stereocenters. The molecule has 2 N–H and O–H groups in total. The van der Waals surface area contributed by atoms with Crippen molar-refractivity contribution in [1.29, 1.82) is 0 Å². The summed E-state index contributed by atoms with van der Waals surface area (Å²) in [7, 11) is -3.45. The number of halogens is 2. The van der Waals surface area contributed by atoms with Gasteiger partial charge in [0.15, 0.2) is 9.84 Å². The number of rotatable bonds is 3. The molecular formula is C13H11Br2NO2S. The monoisotopic (exact) mass is 403 g/mol. The number of hydrogen-bond donors (Lipinski definition) is 1. The van der Waals surface area contributed by atoms with Crippen LogP contribution in [0.15, 0.2) is 56.3 Å². The van der Waals surface area contributed by atoms with Gasteiger partial charge in [-0.05, 0) is 35.9 Å². The highest BCUT2D eigenvalue weighted by Gasteiger charge is 2.18. The van der Waals surface area contributed by atoms with Crippen molar-refractivity contribution in [2.45, 2.75) is 10.6 Å². The lowest BCUT2D eigenvalue weighted by molar-refractivity contribution is 0.595. The Bertz CT molecular complexity index is 697. The predicted octanol–water partition coefficient (Wildman–Crippen LogP) is 3.77. The van der Waals surface area contributed by atoms with Crippen LogP contribution in [0.3, 0.4) is 0 Å². The first-order chi connectivity index (χ1) is 8.88. The van der Waals surface area contributed by atoms with Crippen LogP contribution in [0.1, 0.15) is 5.56 Å². The molecule has 3 nitrogen and oxygen atoms in total. The summed E-state index contributed by atoms with van der Waals surface area (Å²) in [4.78, 5) is 0.157. The molecule has 19 heavy (non-hydrogen) atoms. The van der Waals surface area contributed by atoms with Crippen LogP contribution in [-0.4, -0.2) is 8.42 Å². The summed E-state index contributed by atoms with van der Waals surface area (Å²) in [5.41, 5.74) is 6.73. The van der Waals surface area contributed by atoms with Gasteiger partial charge in [0.25, 0.3) is 0 Å². The molecule has 0 heterocycles. The highest BCUT2D eigenvalue weighted by Crippen LogP contribution is 2.26. The third-order valence-electron chi connectivity index (χ3n) is 2.58. The molecular weight excluding hydrogens is 394 g/mol. The Balaban J connectivity index is 2.37. The predicted molar refractivity (Wildman–Crippen MR) is 83.6 cm³/mol. The minimum Gasteiger partial charge on any atom is -0.398 e. The molecule has 2 rings (SSSR count). The zero-order valence-electron chi connectivity index (χ0n) is 9.81. The van der Waals surface area contributed by atoms with Gasteiger partial charge in [0.2, 0.25) is 0 Å². The number of benzene rings is 2. The van der Waals surface area contributed by atoms with Crippen molar-refractivity contribution < 1.29 is 8.42 Å². The fraction of sp³-hybridized carbons (Fsp3) is 0.0769. The van der Waals surface area contributed by atoms with Crippen molar-refractivity contribution in [2.24, 2.45) is 0 Å². The van der Waals surface area contributed by atoms with E-state index in [9.17, 15) is 8.42 Å². The summed E-state index contributed by atoms with van der Waals surface area (Å²) in [5, 5.41) is 0. The zero-order valence-corrected chi connectivity index (χ0v) is 13.8. The van der Waals surface area contributed by atoms with E-state index in [1.54, 1.807) is 24.3 Å². The van der Waals surface area contributed by atoms with E-state index in [2.05, 4.69) is 31.9 Å². The van der Waals surface area contributed by atoms with Crippen LogP contribution >= 0.6 is 31.9 Å². The van der Waals surface area contributed by atoms with Crippen LogP contribution in [0.25, 0.3) is 0 Å². The third-order valence-corrected chi connectivity index (χ3v) is 5.34. The molecule has 0 spiro atoms. The molecule has 0 amide bonds. The van der Waals surface area contributed by atoms with E-state index < -0.39 is 9.84 Å². The molecule has 6 heteroatoms. The van der Waals surface area contributed by atoms with Crippen molar-refractivity contribution in [3.8, 4) is 0 Å². The van der Waals surface area contributed by atoms with Crippen molar-refractivity contribution in [2.75, 3.05) is 5.73 Å². The maximum absolute atomic E-state index is 12.3. The van der Waals surface area contributed by atoms with Crippen molar-refractivity contribution >= 4 is 47.4 Å². The molecule has 0 aliphatic heterocycles. The first kappa shape index (κ1) is 14.6. The van der Waals surface area contributed by atoms with Crippen LogP contribution in [-0.2, 0) is 15.6 Å². The molecule has 0 radical (unpaired) electrons. The number of nitrogen functional groups attached to an aromatic ring is 1. The SMILES string of the molecule is Nc1ccc(Br)cc1S(=O)(=O)Cc1ccc(Br)cc1. The summed E-state index contributed by atoms with van der Waals surface area (Å²) in [6.07, 6.45) is 0. The van der Waals surface area contributed by atoms with E-state index >= 15 is 0 Å². The largest absolute Gasteiger partial charge is 0.398 e. The van der Waals surface area contributed by atoms with E-state index in [0.717, 1.165) is 10.0 Å². The summed E-state index contributed by atoms with van der Waals surface area (Å²) >= 11 is 6.57. The summed E-state index contributed by atoms with van der Waals surface area (Å²) < 4.78 is 26.3. The Hall–Kier alpha value is -0.850. The van der Waals surface area contributed by atoms with E-state index in [0.29, 0.717) is 4.47 Å². The van der Waals surface area contributed by atoms with Gasteiger partial charge in [-0.1, -0.05) is 44.0 Å². The van der Waals surface area contributed by atoms with Crippen molar-refractivity contribution in [3.05, 3.63) is 57.0 Å². The van der Waals surface area contributed by atoms with E-state index in [1.807, 2.05) is 12.1 Å². The summed E-state index contributed by atoms with van der Waals surface area (Å²) in [5.74, 6) is -0.0685. The minimum absolute atomic E-state index is 0.0685. The average Bonchev–Trinajstić information content (AvgIpc) is 2.35. The quantitative estimate of drug-likeness (QED) is 0.792. The number of anilines is 1. The standard InChI is InChI=1S/C13H11Br2NO2S/c14-10-3-1-9(2-4-10)8-19(17,18)13-7-11(15)5-6-12(13)16/h1-7H,8,16H2. The second kappa shape index (κ2) is 5.64. The van der Waals surface area contributed by atoms with Gasteiger partial charge >= 0.3 is 0 Å². The fourth-order valence-corrected chi connectivity index (χ4v) is 3.95. The first-order valence-corrected chi connectivity index (χ1v) is 8.64. The summed E-state index contributed by atoms with van der Waals surface area (Å²) in [6.45, 7) is 0. The molecule has 0 bridgehead atoms. The topological polar surface area (TPSA) is 60.2 Å². The van der Waals surface area contributed by atoms with E-state index in [4.69, 9.17) is 5.73 Å². The van der Waals surface area contributed by atoms with Gasteiger partial charge in [-0.2, -0.15) is 0 Å². The lowest BCUT2D eigenvalue weighted by atomic mass is 10.2. The van der Waals surface area contributed by atoms with Gasteiger partial charge in [0, 0.05) is 8.95 Å². The molecule has 0 atom stereocenters. The Morgan fingerprint density at radius 2 is 1.53 bits per heavy atom. The maximum Gasteiger partial charge on any atom is 0.184 e. The minimum atomic E-state index is -3.45. The first-order valence-electron chi connectivity index (χ1n) is 5.41. The van der Waals surface area contributed by atoms with Gasteiger partial charge < -0.3 is 5.73 Å². The second-order valence-corrected chi connectivity index (χ2v) is 7.86. The van der Waals surface area contributed by atoms with Gasteiger partial charge in [0.1, 0.15) is 0 Å². The normalized spacial score (nSPS) is 11.5. The van der Waals surface area contributed by atoms with Crippen LogP contribution in [0.5, 0.6) is 0 Å². The molecule has 0 saturated carbocycles. The smallest absolute Gasteiger partial charge is 0.184 e. The Morgan fingerprint density at radius 1 is 0.947 bits per heavy atom. The lowest BCUT2D eigenvalue weighted by Gasteiger charge is -2.08. The zero-order chi connectivity index (χ0) is 14.0. The summed E-state index contributed by atoms with van der Waals surface area (Å²) in [6, 6.07) is 12.0. The third kappa shape index (κ3) is 3.58. The van der Waals surface area contributed by atoms with E-state index in [-0.39, 0.29) is 16.3 Å². The highest BCUT2D eigenvalue weighted by atomic mass is 79.9. The van der Waals surface area contributed by atoms with Crippen LogP contribution in [0.4, 0.5) is 5.69 Å². The Morgan fingerprint density at radius 3 is 2.16 bits per heavy atom. The second-order valence-electron chi connectivity index (χ2n) is 4.07. The number of nitrogens with two attached hydrogens (primary N) is 1. The van der Waals surface area contributed by atoms with E-state index in [1.165, 1.54) is 6.07 Å². The highest BCUT2D eigenvalue weighted by molar-refractivity contribution is 9.10. The van der Waals surface area contributed by atoms with Crippen LogP contribution in [0, 0.1) is 0 Å². The molecule has 0 saturated heterocycles. The molecule has 2 aromatic rings. The van der Waals surface area contributed by atoms with Gasteiger partial charge in [-0.3, -0.25) is 0 Å². The van der Waals surface area contributed by atoms with Crippen molar-refractivity contribution in [1.82, 2.24) is 0 Å². The van der Waals surface area contributed by atoms with Crippen LogP contribution in [0.2, 0.25) is 0 Å². The molecule has 0 fully saturated rings. The Labute approximate surface area is 129 Å². The molecule has 100 valence electrons. The van der Waals surface area contributed by atoms with Gasteiger partial charge in [-0.25, -0.2) is 8.42 Å². The molecule has 0 aromatic heterocycles. The number of hydrogen-bond acceptors (Lipinski definition) is 3. The molecule has 2 aromatic carbocycles. The average molecular weight is 405 g/mol. The van der Waals surface area contributed by atoms with Gasteiger partial charge in [0.05, 0.1) is 16.3 Å². The number of sulfone groups is 1. The Kier molecular flexibility index (Phi) is 4.32. The van der Waals surface area contributed by atoms with Gasteiger partial charge in [-0.15, -0.1) is 0 Å². The van der Waals surface area contributed by atoms with Crippen LogP contribution < -0.4 is 5.73 Å². The molecule has 0 aliphatic rings. The maximum atomic E-state index is 12.3. The molecule has 0 aliphatic carbocycles. The van der Waals surface area contributed by atoms with Crippen molar-refractivity contribution in [3.63, 3.8) is 0 Å². The fourth-order valence-electron chi connectivity index (χ4n) is 1.66. The lowest BCUT2D eigenvalue weighted by Crippen LogP contribution is -2.08.